The molecule has 6 nitrogen and oxygen atoms in total. The number of rotatable bonds is 4. The van der Waals surface area contributed by atoms with Crippen LogP contribution < -0.4 is 9.80 Å². The number of aromatic nitrogens is 2. The Kier molecular flexibility index (Phi) is 7.07. The fraction of sp³-hybridized carbons (Fsp3) is 0.346. The van der Waals surface area contributed by atoms with E-state index in [9.17, 15) is 9.18 Å². The third-order valence-electron chi connectivity index (χ3n) is 6.74. The zero-order chi connectivity index (χ0) is 24.4. The lowest BCUT2D eigenvalue weighted by atomic mass is 9.96. The molecule has 5 rings (SSSR count). The van der Waals surface area contributed by atoms with Gasteiger partial charge in [-0.15, -0.1) is 10.2 Å². The molecule has 2 aromatic carbocycles. The summed E-state index contributed by atoms with van der Waals surface area (Å²) in [5.74, 6) is 0.633. The number of hydrogen-bond acceptors (Lipinski definition) is 5. The van der Waals surface area contributed by atoms with Crippen molar-refractivity contribution in [3.63, 3.8) is 0 Å². The average Bonchev–Trinajstić information content (AvgIpc) is 2.90. The summed E-state index contributed by atoms with van der Waals surface area (Å²) in [6.07, 6.45) is 1.81. The molecule has 0 bridgehead atoms. The van der Waals surface area contributed by atoms with Crippen molar-refractivity contribution < 1.29 is 9.18 Å². The summed E-state index contributed by atoms with van der Waals surface area (Å²) < 4.78 is 13.2. The lowest BCUT2D eigenvalue weighted by Gasteiger charge is -2.40. The molecule has 1 unspecified atom stereocenters. The van der Waals surface area contributed by atoms with Crippen LogP contribution in [0.1, 0.15) is 12.8 Å². The molecule has 0 spiro atoms. The van der Waals surface area contributed by atoms with E-state index in [0.717, 1.165) is 49.5 Å². The molecule has 0 N–H and O–H groups in total. The van der Waals surface area contributed by atoms with Gasteiger partial charge in [-0.1, -0.05) is 23.2 Å². The first-order valence-corrected chi connectivity index (χ1v) is 12.6. The summed E-state index contributed by atoms with van der Waals surface area (Å²) >= 11 is 12.2. The van der Waals surface area contributed by atoms with Gasteiger partial charge in [0.15, 0.2) is 5.82 Å². The van der Waals surface area contributed by atoms with Gasteiger partial charge < -0.3 is 14.7 Å². The summed E-state index contributed by atoms with van der Waals surface area (Å²) in [5.41, 5.74) is 2.54. The minimum Gasteiger partial charge on any atom is -0.368 e. The summed E-state index contributed by atoms with van der Waals surface area (Å²) in [6, 6.07) is 15.7. The third kappa shape index (κ3) is 5.36. The largest absolute Gasteiger partial charge is 0.368 e. The van der Waals surface area contributed by atoms with Gasteiger partial charge in [0.1, 0.15) is 5.82 Å². The van der Waals surface area contributed by atoms with Gasteiger partial charge in [-0.2, -0.15) is 0 Å². The highest BCUT2D eigenvalue weighted by Gasteiger charge is 2.31. The van der Waals surface area contributed by atoms with E-state index in [1.165, 1.54) is 12.1 Å². The van der Waals surface area contributed by atoms with E-state index in [1.807, 2.05) is 35.2 Å². The summed E-state index contributed by atoms with van der Waals surface area (Å²) in [4.78, 5) is 19.7. The molecule has 182 valence electrons. The minimum absolute atomic E-state index is 0.0566. The number of nitrogens with zero attached hydrogens (tertiary/aromatic N) is 5. The zero-order valence-corrected chi connectivity index (χ0v) is 20.7. The Bertz CT molecular complexity index is 1180. The number of hydrogen-bond donors (Lipinski definition) is 0. The lowest BCUT2D eigenvalue weighted by molar-refractivity contribution is -0.136. The Labute approximate surface area is 214 Å². The van der Waals surface area contributed by atoms with Gasteiger partial charge >= 0.3 is 0 Å². The molecule has 35 heavy (non-hydrogen) atoms. The van der Waals surface area contributed by atoms with E-state index in [4.69, 9.17) is 23.2 Å². The van der Waals surface area contributed by atoms with E-state index in [0.29, 0.717) is 35.4 Å². The predicted octanol–water partition coefficient (Wildman–Crippen LogP) is 5.15. The van der Waals surface area contributed by atoms with Crippen molar-refractivity contribution in [2.24, 2.45) is 5.92 Å². The fourth-order valence-corrected chi connectivity index (χ4v) is 5.07. The van der Waals surface area contributed by atoms with Crippen LogP contribution in [-0.4, -0.2) is 60.3 Å². The first kappa shape index (κ1) is 23.8. The van der Waals surface area contributed by atoms with Crippen molar-refractivity contribution in [3.05, 3.63) is 70.5 Å². The van der Waals surface area contributed by atoms with Gasteiger partial charge in [0.25, 0.3) is 0 Å². The van der Waals surface area contributed by atoms with Gasteiger partial charge in [-0.25, -0.2) is 4.39 Å². The summed E-state index contributed by atoms with van der Waals surface area (Å²) in [6.45, 7) is 4.37. The van der Waals surface area contributed by atoms with E-state index in [1.54, 1.807) is 12.1 Å². The second-order valence-electron chi connectivity index (χ2n) is 8.98. The van der Waals surface area contributed by atoms with Gasteiger partial charge in [0, 0.05) is 50.5 Å². The first-order valence-electron chi connectivity index (χ1n) is 11.8. The highest BCUT2D eigenvalue weighted by Crippen LogP contribution is 2.29. The number of benzene rings is 2. The molecule has 0 saturated carbocycles. The number of carbonyl (C=O) groups excluding carboxylic acids is 1. The Hall–Kier alpha value is -2.90. The Morgan fingerprint density at radius 2 is 1.63 bits per heavy atom. The smallest absolute Gasteiger partial charge is 0.227 e. The van der Waals surface area contributed by atoms with Crippen LogP contribution in [0.4, 0.5) is 15.9 Å². The van der Waals surface area contributed by atoms with Crippen LogP contribution in [0, 0.1) is 11.7 Å². The van der Waals surface area contributed by atoms with Crippen LogP contribution >= 0.6 is 23.2 Å². The number of halogens is 3. The van der Waals surface area contributed by atoms with Crippen molar-refractivity contribution >= 4 is 40.6 Å². The molecule has 1 aromatic heterocycles. The molecule has 1 atom stereocenters. The summed E-state index contributed by atoms with van der Waals surface area (Å²) in [7, 11) is 0. The topological polar surface area (TPSA) is 52.6 Å². The monoisotopic (exact) mass is 513 g/mol. The van der Waals surface area contributed by atoms with E-state index >= 15 is 0 Å². The molecule has 2 aliphatic heterocycles. The van der Waals surface area contributed by atoms with Gasteiger partial charge in [-0.3, -0.25) is 4.79 Å². The van der Waals surface area contributed by atoms with Gasteiger partial charge in [0.2, 0.25) is 5.91 Å². The molecular formula is C26H26Cl2FN5O. The van der Waals surface area contributed by atoms with Gasteiger partial charge in [-0.05, 0) is 67.4 Å². The molecule has 2 saturated heterocycles. The predicted molar refractivity (Wildman–Crippen MR) is 138 cm³/mol. The average molecular weight is 514 g/mol. The summed E-state index contributed by atoms with van der Waals surface area (Å²) in [5, 5.41) is 9.81. The lowest BCUT2D eigenvalue weighted by Crippen LogP contribution is -2.52. The van der Waals surface area contributed by atoms with Crippen molar-refractivity contribution in [1.29, 1.82) is 0 Å². The maximum Gasteiger partial charge on any atom is 0.227 e. The Morgan fingerprint density at radius 3 is 2.31 bits per heavy atom. The minimum atomic E-state index is -0.279. The highest BCUT2D eigenvalue weighted by atomic mass is 35.5. The SMILES string of the molecule is O=C(C1CCCN(c2ccc(-c3ccc(F)cc3)nn2)C1)N1CCN(c2ccc(Cl)c(Cl)c2)CC1. The standard InChI is InChI=1S/C26H26Cl2FN5O/c27-22-8-7-21(16-23(22)28)32-12-14-33(15-13-32)26(35)19-2-1-11-34(17-19)25-10-9-24(30-31-25)18-3-5-20(29)6-4-18/h3-10,16,19H,1-2,11-15,17H2. The van der Waals surface area contributed by atoms with Crippen molar-refractivity contribution in [3.8, 4) is 11.3 Å². The number of piperidine rings is 1. The number of anilines is 2. The van der Waals surface area contributed by atoms with Crippen LogP contribution in [0.15, 0.2) is 54.6 Å². The number of amides is 1. The molecule has 9 heteroatoms. The molecule has 3 aromatic rings. The van der Waals surface area contributed by atoms with Crippen molar-refractivity contribution in [2.75, 3.05) is 49.1 Å². The molecule has 1 amide bonds. The Balaban J connectivity index is 1.18. The maximum absolute atomic E-state index is 13.3. The second-order valence-corrected chi connectivity index (χ2v) is 9.79. The quantitative estimate of drug-likeness (QED) is 0.482. The van der Waals surface area contributed by atoms with Crippen molar-refractivity contribution in [2.45, 2.75) is 12.8 Å². The van der Waals surface area contributed by atoms with E-state index in [2.05, 4.69) is 20.0 Å². The number of carbonyl (C=O) groups is 1. The molecule has 2 aliphatic rings. The Morgan fingerprint density at radius 1 is 0.857 bits per heavy atom. The van der Waals surface area contributed by atoms with E-state index in [-0.39, 0.29) is 17.6 Å². The molecule has 2 fully saturated rings. The molecular weight excluding hydrogens is 488 g/mol. The first-order chi connectivity index (χ1) is 17.0. The van der Waals surface area contributed by atoms with Crippen LogP contribution in [0.2, 0.25) is 10.0 Å². The van der Waals surface area contributed by atoms with Crippen molar-refractivity contribution in [1.82, 2.24) is 15.1 Å². The van der Waals surface area contributed by atoms with E-state index < -0.39 is 0 Å². The molecule has 0 radical (unpaired) electrons. The third-order valence-corrected chi connectivity index (χ3v) is 7.48. The second kappa shape index (κ2) is 10.4. The van der Waals surface area contributed by atoms with Crippen LogP contribution in [0.25, 0.3) is 11.3 Å². The zero-order valence-electron chi connectivity index (χ0n) is 19.2. The maximum atomic E-state index is 13.3. The molecule has 3 heterocycles. The highest BCUT2D eigenvalue weighted by molar-refractivity contribution is 6.42. The normalized spacial score (nSPS) is 18.6. The van der Waals surface area contributed by atoms with Crippen LogP contribution in [0.3, 0.4) is 0 Å². The van der Waals surface area contributed by atoms with Crippen LogP contribution in [0.5, 0.6) is 0 Å². The number of piperazine rings is 1. The fourth-order valence-electron chi connectivity index (χ4n) is 4.78. The van der Waals surface area contributed by atoms with Crippen LogP contribution in [-0.2, 0) is 4.79 Å². The van der Waals surface area contributed by atoms with Gasteiger partial charge in [0.05, 0.1) is 21.7 Å². The molecule has 0 aliphatic carbocycles.